The summed E-state index contributed by atoms with van der Waals surface area (Å²) in [4.78, 5) is 38.9. The number of alkyl carbamates (subject to hydrolysis) is 1. The van der Waals surface area contributed by atoms with Gasteiger partial charge in [0.2, 0.25) is 5.91 Å². The Morgan fingerprint density at radius 2 is 1.71 bits per heavy atom. The second-order valence-electron chi connectivity index (χ2n) is 9.18. The van der Waals surface area contributed by atoms with Crippen LogP contribution < -0.4 is 5.32 Å². The predicted molar refractivity (Wildman–Crippen MR) is 130 cm³/mol. The Kier molecular flexibility index (Phi) is 7.70. The molecule has 0 aromatic heterocycles. The van der Waals surface area contributed by atoms with E-state index < -0.39 is 18.1 Å². The standard InChI is InChI=1S/C27H32N2O6/c1-3-18-15-29(14-17(2)35-18)26(32)24(12-13-25(30)31)28-27(33)34-16-23-21-10-6-4-8-19(21)20-9-5-7-11-22(20)23/h4-11,17-18,23-24H,3,12-16H2,1-2H3,(H,28,33)(H,30,31). The van der Waals surface area contributed by atoms with Gasteiger partial charge in [-0.1, -0.05) is 55.5 Å². The molecule has 1 fully saturated rings. The van der Waals surface area contributed by atoms with Crippen LogP contribution in [0.25, 0.3) is 11.1 Å². The molecule has 3 unspecified atom stereocenters. The summed E-state index contributed by atoms with van der Waals surface area (Å²) in [5, 5.41) is 11.8. The van der Waals surface area contributed by atoms with E-state index in [0.717, 1.165) is 28.7 Å². The fourth-order valence-electron chi connectivity index (χ4n) is 4.98. The fourth-order valence-corrected chi connectivity index (χ4v) is 4.98. The SMILES string of the molecule is CCC1CN(C(=O)C(CCC(=O)O)NC(=O)OCC2c3ccccc3-c3ccccc32)CC(C)O1. The number of carbonyl (C=O) groups is 3. The summed E-state index contributed by atoms with van der Waals surface area (Å²) >= 11 is 0. The van der Waals surface area contributed by atoms with Crippen LogP contribution in [0.1, 0.15) is 50.2 Å². The van der Waals surface area contributed by atoms with Crippen molar-refractivity contribution in [3.63, 3.8) is 0 Å². The van der Waals surface area contributed by atoms with E-state index in [1.165, 1.54) is 0 Å². The second-order valence-corrected chi connectivity index (χ2v) is 9.18. The molecule has 2 aromatic carbocycles. The Balaban J connectivity index is 1.43. The molecule has 0 bridgehead atoms. The summed E-state index contributed by atoms with van der Waals surface area (Å²) in [6, 6.07) is 15.1. The van der Waals surface area contributed by atoms with Crippen LogP contribution in [-0.4, -0.2) is 65.9 Å². The summed E-state index contributed by atoms with van der Waals surface area (Å²) < 4.78 is 11.4. The topological polar surface area (TPSA) is 105 Å². The second kappa shape index (κ2) is 10.9. The largest absolute Gasteiger partial charge is 0.481 e. The average Bonchev–Trinajstić information content (AvgIpc) is 3.18. The Morgan fingerprint density at radius 1 is 1.09 bits per heavy atom. The maximum atomic E-state index is 13.2. The van der Waals surface area contributed by atoms with Crippen molar-refractivity contribution >= 4 is 18.0 Å². The third kappa shape index (κ3) is 5.65. The van der Waals surface area contributed by atoms with Gasteiger partial charge in [0.25, 0.3) is 0 Å². The maximum Gasteiger partial charge on any atom is 0.407 e. The number of hydrogen-bond acceptors (Lipinski definition) is 5. The van der Waals surface area contributed by atoms with Gasteiger partial charge in [0.15, 0.2) is 0 Å². The molecule has 186 valence electrons. The number of aliphatic carboxylic acids is 1. The summed E-state index contributed by atoms with van der Waals surface area (Å²) in [5.41, 5.74) is 4.43. The lowest BCUT2D eigenvalue weighted by Crippen LogP contribution is -2.55. The molecule has 8 heteroatoms. The molecule has 1 saturated heterocycles. The summed E-state index contributed by atoms with van der Waals surface area (Å²) in [5.74, 6) is -1.45. The van der Waals surface area contributed by atoms with Crippen LogP contribution >= 0.6 is 0 Å². The molecule has 0 spiro atoms. The van der Waals surface area contributed by atoms with Crippen molar-refractivity contribution < 1.29 is 29.0 Å². The van der Waals surface area contributed by atoms with E-state index >= 15 is 0 Å². The van der Waals surface area contributed by atoms with Crippen molar-refractivity contribution in [2.45, 2.75) is 57.3 Å². The van der Waals surface area contributed by atoms with E-state index in [1.807, 2.05) is 50.2 Å². The number of carboxylic acid groups (broad SMARTS) is 1. The predicted octanol–water partition coefficient (Wildman–Crippen LogP) is 3.78. The quantitative estimate of drug-likeness (QED) is 0.596. The van der Waals surface area contributed by atoms with Gasteiger partial charge in [-0.25, -0.2) is 4.79 Å². The summed E-state index contributed by atoms with van der Waals surface area (Å²) in [6.45, 7) is 4.81. The molecule has 0 radical (unpaired) electrons. The third-order valence-corrected chi connectivity index (χ3v) is 6.67. The number of fused-ring (bicyclic) bond motifs is 3. The highest BCUT2D eigenvalue weighted by molar-refractivity contribution is 5.86. The molecule has 2 amide bonds. The number of morpholine rings is 1. The Morgan fingerprint density at radius 3 is 2.31 bits per heavy atom. The number of carboxylic acids is 1. The summed E-state index contributed by atoms with van der Waals surface area (Å²) in [6.07, 6.45) is -0.445. The minimum Gasteiger partial charge on any atom is -0.481 e. The zero-order valence-corrected chi connectivity index (χ0v) is 20.1. The van der Waals surface area contributed by atoms with Crippen LogP contribution in [0.2, 0.25) is 0 Å². The number of amides is 2. The van der Waals surface area contributed by atoms with Crippen molar-refractivity contribution in [3.05, 3.63) is 59.7 Å². The van der Waals surface area contributed by atoms with Crippen LogP contribution in [0.15, 0.2) is 48.5 Å². The fraction of sp³-hybridized carbons (Fsp3) is 0.444. The van der Waals surface area contributed by atoms with Gasteiger partial charge < -0.3 is 24.8 Å². The summed E-state index contributed by atoms with van der Waals surface area (Å²) in [7, 11) is 0. The molecule has 8 nitrogen and oxygen atoms in total. The molecule has 3 atom stereocenters. The first-order valence-corrected chi connectivity index (χ1v) is 12.1. The zero-order chi connectivity index (χ0) is 24.9. The first-order valence-electron chi connectivity index (χ1n) is 12.1. The monoisotopic (exact) mass is 480 g/mol. The lowest BCUT2D eigenvalue weighted by atomic mass is 9.98. The molecule has 1 aliphatic carbocycles. The highest BCUT2D eigenvalue weighted by Gasteiger charge is 2.34. The highest BCUT2D eigenvalue weighted by atomic mass is 16.5. The van der Waals surface area contributed by atoms with Crippen molar-refractivity contribution in [2.24, 2.45) is 0 Å². The van der Waals surface area contributed by atoms with E-state index in [-0.39, 0.29) is 43.5 Å². The van der Waals surface area contributed by atoms with Crippen LogP contribution in [0.3, 0.4) is 0 Å². The van der Waals surface area contributed by atoms with E-state index in [4.69, 9.17) is 14.6 Å². The van der Waals surface area contributed by atoms with Crippen molar-refractivity contribution in [2.75, 3.05) is 19.7 Å². The molecule has 4 rings (SSSR count). The minimum absolute atomic E-state index is 0.0130. The number of nitrogens with one attached hydrogen (secondary N) is 1. The van der Waals surface area contributed by atoms with Gasteiger partial charge in [0.05, 0.1) is 12.2 Å². The van der Waals surface area contributed by atoms with Gasteiger partial charge in [0.1, 0.15) is 12.6 Å². The van der Waals surface area contributed by atoms with Gasteiger partial charge in [0, 0.05) is 25.4 Å². The van der Waals surface area contributed by atoms with Crippen LogP contribution in [0.5, 0.6) is 0 Å². The Hall–Kier alpha value is -3.39. The molecular weight excluding hydrogens is 448 g/mol. The van der Waals surface area contributed by atoms with Crippen LogP contribution in [-0.2, 0) is 19.1 Å². The first kappa shape index (κ1) is 24.7. The lowest BCUT2D eigenvalue weighted by molar-refractivity contribution is -0.147. The molecule has 2 aliphatic rings. The molecule has 1 aliphatic heterocycles. The van der Waals surface area contributed by atoms with E-state index in [1.54, 1.807) is 4.90 Å². The van der Waals surface area contributed by atoms with E-state index in [0.29, 0.717) is 13.1 Å². The van der Waals surface area contributed by atoms with Crippen molar-refractivity contribution in [1.29, 1.82) is 0 Å². The zero-order valence-electron chi connectivity index (χ0n) is 20.1. The van der Waals surface area contributed by atoms with Crippen LogP contribution in [0.4, 0.5) is 4.79 Å². The number of nitrogens with zero attached hydrogens (tertiary/aromatic N) is 1. The van der Waals surface area contributed by atoms with Crippen molar-refractivity contribution in [3.8, 4) is 11.1 Å². The maximum absolute atomic E-state index is 13.2. The third-order valence-electron chi connectivity index (χ3n) is 6.67. The number of ether oxygens (including phenoxy) is 2. The molecular formula is C27H32N2O6. The number of carbonyl (C=O) groups excluding carboxylic acids is 2. The number of benzene rings is 2. The van der Waals surface area contributed by atoms with E-state index in [2.05, 4.69) is 17.4 Å². The Labute approximate surface area is 205 Å². The van der Waals surface area contributed by atoms with Gasteiger partial charge in [-0.15, -0.1) is 0 Å². The minimum atomic E-state index is -1.03. The van der Waals surface area contributed by atoms with E-state index in [9.17, 15) is 14.4 Å². The molecule has 0 saturated carbocycles. The first-order chi connectivity index (χ1) is 16.9. The normalized spacial score (nSPS) is 20.0. The highest BCUT2D eigenvalue weighted by Crippen LogP contribution is 2.44. The molecule has 35 heavy (non-hydrogen) atoms. The number of hydrogen-bond donors (Lipinski definition) is 2. The van der Waals surface area contributed by atoms with Gasteiger partial charge in [-0.2, -0.15) is 0 Å². The molecule has 2 aromatic rings. The molecule has 1 heterocycles. The Bertz CT molecular complexity index is 1040. The van der Waals surface area contributed by atoms with Crippen molar-refractivity contribution in [1.82, 2.24) is 10.2 Å². The van der Waals surface area contributed by atoms with Crippen LogP contribution in [0, 0.1) is 0 Å². The average molecular weight is 481 g/mol. The number of rotatable bonds is 8. The molecule has 2 N–H and O–H groups in total. The van der Waals surface area contributed by atoms with Gasteiger partial charge >= 0.3 is 12.1 Å². The lowest BCUT2D eigenvalue weighted by Gasteiger charge is -2.38. The van der Waals surface area contributed by atoms with Gasteiger partial charge in [-0.3, -0.25) is 9.59 Å². The smallest absolute Gasteiger partial charge is 0.407 e. The van der Waals surface area contributed by atoms with Gasteiger partial charge in [-0.05, 0) is 42.0 Å².